The number of anilines is 1. The van der Waals surface area contributed by atoms with Crippen LogP contribution in [0.15, 0.2) is 42.5 Å². The SMILES string of the molecule is CC1(C)c2ccccc2N2Cc3cc([N+](=O)[O-])ccc3O[C@]21C. The van der Waals surface area contributed by atoms with Gasteiger partial charge in [0.05, 0.1) is 16.9 Å². The Hall–Kier alpha value is -2.56. The molecule has 0 N–H and O–H groups in total. The Labute approximate surface area is 134 Å². The van der Waals surface area contributed by atoms with Crippen molar-refractivity contribution in [3.8, 4) is 5.75 Å². The Morgan fingerprint density at radius 2 is 1.91 bits per heavy atom. The summed E-state index contributed by atoms with van der Waals surface area (Å²) in [6.07, 6.45) is 0. The number of non-ortho nitro benzene ring substituents is 1. The predicted molar refractivity (Wildman–Crippen MR) is 87.8 cm³/mol. The minimum absolute atomic E-state index is 0.0997. The van der Waals surface area contributed by atoms with E-state index < -0.39 is 5.72 Å². The minimum Gasteiger partial charge on any atom is -0.467 e. The van der Waals surface area contributed by atoms with Crippen molar-refractivity contribution in [3.63, 3.8) is 0 Å². The number of benzene rings is 2. The van der Waals surface area contributed by atoms with Gasteiger partial charge in [0.25, 0.3) is 5.69 Å². The van der Waals surface area contributed by atoms with Gasteiger partial charge < -0.3 is 9.64 Å². The third-order valence-electron chi connectivity index (χ3n) is 5.43. The molecule has 118 valence electrons. The first-order valence-electron chi connectivity index (χ1n) is 7.68. The van der Waals surface area contributed by atoms with Crippen LogP contribution in [0.1, 0.15) is 31.9 Å². The number of nitrogens with zero attached hydrogens (tertiary/aromatic N) is 2. The molecule has 5 heteroatoms. The Morgan fingerprint density at radius 1 is 1.17 bits per heavy atom. The molecule has 0 bridgehead atoms. The molecule has 0 aromatic heterocycles. The van der Waals surface area contributed by atoms with E-state index in [4.69, 9.17) is 4.74 Å². The van der Waals surface area contributed by atoms with Gasteiger partial charge in [-0.2, -0.15) is 0 Å². The number of ether oxygens (including phenoxy) is 1. The zero-order valence-electron chi connectivity index (χ0n) is 13.4. The lowest BCUT2D eigenvalue weighted by molar-refractivity contribution is -0.385. The van der Waals surface area contributed by atoms with Crippen LogP contribution >= 0.6 is 0 Å². The highest BCUT2D eigenvalue weighted by Crippen LogP contribution is 2.55. The van der Waals surface area contributed by atoms with Crippen molar-refractivity contribution in [2.75, 3.05) is 4.90 Å². The summed E-state index contributed by atoms with van der Waals surface area (Å²) in [6, 6.07) is 13.1. The van der Waals surface area contributed by atoms with E-state index >= 15 is 0 Å². The number of para-hydroxylation sites is 1. The van der Waals surface area contributed by atoms with Gasteiger partial charge in [0.15, 0.2) is 5.72 Å². The van der Waals surface area contributed by atoms with Crippen LogP contribution in [0.2, 0.25) is 0 Å². The van der Waals surface area contributed by atoms with E-state index in [9.17, 15) is 10.1 Å². The third kappa shape index (κ3) is 1.67. The maximum atomic E-state index is 11.0. The van der Waals surface area contributed by atoms with Gasteiger partial charge in [-0.15, -0.1) is 0 Å². The molecule has 0 radical (unpaired) electrons. The van der Waals surface area contributed by atoms with Crippen molar-refractivity contribution in [2.45, 2.75) is 38.5 Å². The fraction of sp³-hybridized carbons (Fsp3) is 0.333. The van der Waals surface area contributed by atoms with Gasteiger partial charge in [0.1, 0.15) is 5.75 Å². The molecule has 5 nitrogen and oxygen atoms in total. The van der Waals surface area contributed by atoms with E-state index in [1.807, 2.05) is 12.1 Å². The maximum absolute atomic E-state index is 11.0. The van der Waals surface area contributed by atoms with E-state index in [1.54, 1.807) is 12.1 Å². The van der Waals surface area contributed by atoms with Gasteiger partial charge in [-0.1, -0.05) is 18.2 Å². The van der Waals surface area contributed by atoms with Crippen molar-refractivity contribution in [3.05, 3.63) is 63.7 Å². The van der Waals surface area contributed by atoms with Crippen LogP contribution in [-0.2, 0) is 12.0 Å². The largest absolute Gasteiger partial charge is 0.467 e. The average Bonchev–Trinajstić information content (AvgIpc) is 2.69. The van der Waals surface area contributed by atoms with E-state index in [-0.39, 0.29) is 16.0 Å². The molecule has 2 heterocycles. The fourth-order valence-electron chi connectivity index (χ4n) is 3.76. The molecule has 0 amide bonds. The predicted octanol–water partition coefficient (Wildman–Crippen LogP) is 4.00. The fourth-order valence-corrected chi connectivity index (χ4v) is 3.76. The van der Waals surface area contributed by atoms with Crippen LogP contribution in [-0.4, -0.2) is 10.6 Å². The molecule has 0 spiro atoms. The number of rotatable bonds is 1. The van der Waals surface area contributed by atoms with Crippen molar-refractivity contribution in [2.24, 2.45) is 0 Å². The van der Waals surface area contributed by atoms with Crippen molar-refractivity contribution < 1.29 is 9.66 Å². The molecular weight excluding hydrogens is 292 g/mol. The van der Waals surface area contributed by atoms with Crippen LogP contribution in [0.5, 0.6) is 5.75 Å². The third-order valence-corrected chi connectivity index (χ3v) is 5.43. The summed E-state index contributed by atoms with van der Waals surface area (Å²) in [7, 11) is 0. The van der Waals surface area contributed by atoms with E-state index in [0.29, 0.717) is 6.54 Å². The van der Waals surface area contributed by atoms with Gasteiger partial charge in [0, 0.05) is 23.4 Å². The van der Waals surface area contributed by atoms with Crippen LogP contribution in [0.4, 0.5) is 11.4 Å². The average molecular weight is 310 g/mol. The Morgan fingerprint density at radius 3 is 2.65 bits per heavy atom. The first kappa shape index (κ1) is 14.1. The molecule has 2 aromatic carbocycles. The van der Waals surface area contributed by atoms with Gasteiger partial charge in [-0.25, -0.2) is 0 Å². The highest BCUT2D eigenvalue weighted by Gasteiger charge is 2.57. The Bertz CT molecular complexity index is 831. The van der Waals surface area contributed by atoms with Crippen LogP contribution < -0.4 is 9.64 Å². The second-order valence-corrected chi connectivity index (χ2v) is 6.86. The molecule has 0 fully saturated rings. The smallest absolute Gasteiger partial charge is 0.270 e. The number of hydrogen-bond acceptors (Lipinski definition) is 4. The molecule has 1 atom stereocenters. The van der Waals surface area contributed by atoms with Gasteiger partial charge in [-0.3, -0.25) is 10.1 Å². The second kappa shape index (κ2) is 4.25. The van der Waals surface area contributed by atoms with Gasteiger partial charge in [-0.05, 0) is 38.5 Å². The molecule has 2 aromatic rings. The molecule has 0 saturated carbocycles. The minimum atomic E-state index is -0.514. The summed E-state index contributed by atoms with van der Waals surface area (Å²) < 4.78 is 6.38. The summed E-state index contributed by atoms with van der Waals surface area (Å²) in [5, 5.41) is 11.0. The topological polar surface area (TPSA) is 55.6 Å². The van der Waals surface area contributed by atoms with E-state index in [2.05, 4.69) is 37.8 Å². The van der Waals surface area contributed by atoms with Gasteiger partial charge >= 0.3 is 0 Å². The molecule has 0 saturated heterocycles. The summed E-state index contributed by atoms with van der Waals surface area (Å²) in [6.45, 7) is 7.07. The lowest BCUT2D eigenvalue weighted by Gasteiger charge is -2.48. The Balaban J connectivity index is 1.88. The molecule has 2 aliphatic rings. The van der Waals surface area contributed by atoms with Gasteiger partial charge in [0.2, 0.25) is 0 Å². The summed E-state index contributed by atoms with van der Waals surface area (Å²) in [4.78, 5) is 12.9. The second-order valence-electron chi connectivity index (χ2n) is 6.86. The quantitative estimate of drug-likeness (QED) is 0.590. The molecule has 0 aliphatic carbocycles. The summed E-state index contributed by atoms with van der Waals surface area (Å²) in [5.74, 6) is 0.732. The highest BCUT2D eigenvalue weighted by molar-refractivity contribution is 5.67. The standard InChI is InChI=1S/C18H18N2O3/c1-17(2)14-6-4-5-7-15(14)19-11-12-10-13(20(21)22)8-9-16(12)23-18(17,19)3/h4-10H,11H2,1-3H3/t18-/m0/s1. The monoisotopic (exact) mass is 310 g/mol. The first-order chi connectivity index (χ1) is 10.8. The zero-order chi connectivity index (χ0) is 16.4. The summed E-state index contributed by atoms with van der Waals surface area (Å²) >= 11 is 0. The molecule has 2 aliphatic heterocycles. The number of nitro benzene ring substituents is 1. The van der Waals surface area contributed by atoms with Crippen LogP contribution in [0.3, 0.4) is 0 Å². The van der Waals surface area contributed by atoms with Crippen LogP contribution in [0.25, 0.3) is 0 Å². The molecular formula is C18H18N2O3. The molecule has 23 heavy (non-hydrogen) atoms. The van der Waals surface area contributed by atoms with E-state index in [1.165, 1.54) is 11.6 Å². The number of fused-ring (bicyclic) bond motifs is 4. The maximum Gasteiger partial charge on any atom is 0.270 e. The zero-order valence-corrected chi connectivity index (χ0v) is 13.4. The lowest BCUT2D eigenvalue weighted by Crippen LogP contribution is -2.59. The van der Waals surface area contributed by atoms with Crippen molar-refractivity contribution >= 4 is 11.4 Å². The van der Waals surface area contributed by atoms with Crippen molar-refractivity contribution in [1.82, 2.24) is 0 Å². The normalized spacial score (nSPS) is 23.5. The summed E-state index contributed by atoms with van der Waals surface area (Å²) in [5.41, 5.74) is 2.62. The lowest BCUT2D eigenvalue weighted by atomic mass is 9.78. The molecule has 0 unspecified atom stereocenters. The highest BCUT2D eigenvalue weighted by atomic mass is 16.6. The van der Waals surface area contributed by atoms with Crippen LogP contribution in [0, 0.1) is 10.1 Å². The van der Waals surface area contributed by atoms with Crippen molar-refractivity contribution in [1.29, 1.82) is 0 Å². The number of hydrogen-bond donors (Lipinski definition) is 0. The van der Waals surface area contributed by atoms with E-state index in [0.717, 1.165) is 17.0 Å². The Kier molecular flexibility index (Phi) is 2.60. The first-order valence-corrected chi connectivity index (χ1v) is 7.68. The molecule has 4 rings (SSSR count). The number of nitro groups is 1.